The van der Waals surface area contributed by atoms with Gasteiger partial charge in [0.05, 0.1) is 17.3 Å². The number of hydrogen-bond acceptors (Lipinski definition) is 4. The molecule has 0 amide bonds. The fourth-order valence-electron chi connectivity index (χ4n) is 3.80. The first kappa shape index (κ1) is 18.8. The molecule has 0 aliphatic carbocycles. The standard InChI is InChI=1S/C22H15BrCl2N2O2/c23-13-3-7-20(28)17(9-13)22-27-19(16-10-15(25)6-8-21(16)29-22)11-18(26-27)12-1-4-14(24)5-2-12/h1-10,19,22,28H,11H2/t19-,22-/m1/s1. The molecule has 2 aliphatic rings. The van der Waals surface area contributed by atoms with Crippen LogP contribution in [0.1, 0.15) is 35.4 Å². The van der Waals surface area contributed by atoms with E-state index in [0.29, 0.717) is 22.0 Å². The summed E-state index contributed by atoms with van der Waals surface area (Å²) in [6.07, 6.45) is 0.139. The number of fused-ring (bicyclic) bond motifs is 3. The lowest BCUT2D eigenvalue weighted by atomic mass is 9.96. The van der Waals surface area contributed by atoms with Crippen LogP contribution in [0.2, 0.25) is 10.0 Å². The minimum absolute atomic E-state index is 0.0495. The maximum atomic E-state index is 10.5. The molecule has 5 rings (SSSR count). The highest BCUT2D eigenvalue weighted by atomic mass is 79.9. The molecule has 3 aromatic carbocycles. The molecule has 2 atom stereocenters. The van der Waals surface area contributed by atoms with Gasteiger partial charge in [-0.15, -0.1) is 0 Å². The van der Waals surface area contributed by atoms with Gasteiger partial charge >= 0.3 is 0 Å². The van der Waals surface area contributed by atoms with Crippen LogP contribution in [0.15, 0.2) is 70.2 Å². The Labute approximate surface area is 186 Å². The third kappa shape index (κ3) is 3.37. The van der Waals surface area contributed by atoms with Crippen LogP contribution >= 0.6 is 39.1 Å². The van der Waals surface area contributed by atoms with Crippen molar-refractivity contribution in [2.24, 2.45) is 5.10 Å². The lowest BCUT2D eigenvalue weighted by molar-refractivity contribution is -0.0203. The Morgan fingerprint density at radius 1 is 0.966 bits per heavy atom. The molecule has 2 heterocycles. The van der Waals surface area contributed by atoms with Crippen molar-refractivity contribution in [3.63, 3.8) is 0 Å². The van der Waals surface area contributed by atoms with Crippen molar-refractivity contribution in [3.8, 4) is 11.5 Å². The van der Waals surface area contributed by atoms with Gasteiger partial charge in [-0.05, 0) is 54.1 Å². The van der Waals surface area contributed by atoms with Crippen molar-refractivity contribution in [1.29, 1.82) is 0 Å². The molecular weight excluding hydrogens is 475 g/mol. The van der Waals surface area contributed by atoms with Crippen molar-refractivity contribution in [2.45, 2.75) is 18.7 Å². The van der Waals surface area contributed by atoms with Crippen molar-refractivity contribution < 1.29 is 9.84 Å². The molecule has 2 aliphatic heterocycles. The van der Waals surface area contributed by atoms with Crippen molar-refractivity contribution in [1.82, 2.24) is 5.01 Å². The molecule has 1 N–H and O–H groups in total. The normalized spacial score (nSPS) is 20.0. The van der Waals surface area contributed by atoms with Crippen LogP contribution < -0.4 is 4.74 Å². The number of aromatic hydroxyl groups is 1. The number of ether oxygens (including phenoxy) is 1. The Morgan fingerprint density at radius 3 is 2.52 bits per heavy atom. The van der Waals surface area contributed by atoms with Gasteiger partial charge in [0, 0.05) is 26.5 Å². The Balaban J connectivity index is 1.63. The van der Waals surface area contributed by atoms with Gasteiger partial charge in [-0.1, -0.05) is 51.3 Å². The van der Waals surface area contributed by atoms with Gasteiger partial charge in [0.1, 0.15) is 11.5 Å². The quantitative estimate of drug-likeness (QED) is 0.435. The van der Waals surface area contributed by atoms with E-state index >= 15 is 0 Å². The third-order valence-electron chi connectivity index (χ3n) is 5.18. The zero-order valence-corrected chi connectivity index (χ0v) is 18.1. The molecule has 7 heteroatoms. The van der Waals surface area contributed by atoms with E-state index in [9.17, 15) is 5.11 Å². The molecule has 0 saturated carbocycles. The number of halogens is 3. The zero-order valence-electron chi connectivity index (χ0n) is 15.0. The van der Waals surface area contributed by atoms with E-state index in [-0.39, 0.29) is 11.8 Å². The van der Waals surface area contributed by atoms with Gasteiger partial charge in [-0.2, -0.15) is 5.10 Å². The van der Waals surface area contributed by atoms with Crippen LogP contribution in [-0.4, -0.2) is 15.8 Å². The molecule has 0 unspecified atom stereocenters. The highest BCUT2D eigenvalue weighted by Gasteiger charge is 2.42. The summed E-state index contributed by atoms with van der Waals surface area (Å²) in [5, 5.41) is 18.6. The second-order valence-electron chi connectivity index (χ2n) is 7.01. The summed E-state index contributed by atoms with van der Waals surface area (Å²) >= 11 is 15.8. The number of phenolic OH excluding ortho intramolecular Hbond substituents is 1. The lowest BCUT2D eigenvalue weighted by Gasteiger charge is -2.38. The van der Waals surface area contributed by atoms with E-state index in [4.69, 9.17) is 33.0 Å². The minimum atomic E-state index is -0.559. The van der Waals surface area contributed by atoms with Gasteiger partial charge in [-0.25, -0.2) is 5.01 Å². The summed E-state index contributed by atoms with van der Waals surface area (Å²) in [6.45, 7) is 0. The van der Waals surface area contributed by atoms with Gasteiger partial charge in [0.2, 0.25) is 6.23 Å². The zero-order chi connectivity index (χ0) is 20.1. The van der Waals surface area contributed by atoms with Gasteiger partial charge in [0.25, 0.3) is 0 Å². The number of benzene rings is 3. The summed E-state index contributed by atoms with van der Waals surface area (Å²) in [5.74, 6) is 0.900. The molecular formula is C22H15BrCl2N2O2. The summed E-state index contributed by atoms with van der Waals surface area (Å²) in [7, 11) is 0. The van der Waals surface area contributed by atoms with Crippen molar-refractivity contribution >= 4 is 44.8 Å². The number of nitrogens with zero attached hydrogens (tertiary/aromatic N) is 2. The third-order valence-corrected chi connectivity index (χ3v) is 6.17. The van der Waals surface area contributed by atoms with E-state index in [1.165, 1.54) is 0 Å². The molecule has 0 radical (unpaired) electrons. The van der Waals surface area contributed by atoms with E-state index < -0.39 is 6.23 Å². The van der Waals surface area contributed by atoms with Crippen molar-refractivity contribution in [3.05, 3.63) is 91.9 Å². The maximum absolute atomic E-state index is 10.5. The second kappa shape index (κ2) is 7.24. The van der Waals surface area contributed by atoms with E-state index in [2.05, 4.69) is 15.9 Å². The van der Waals surface area contributed by atoms with Crippen LogP contribution in [0.4, 0.5) is 0 Å². The number of hydrogen-bond donors (Lipinski definition) is 1. The smallest absolute Gasteiger partial charge is 0.217 e. The molecule has 3 aromatic rings. The number of hydrazone groups is 1. The molecule has 0 spiro atoms. The van der Waals surface area contributed by atoms with E-state index in [1.54, 1.807) is 12.1 Å². The van der Waals surface area contributed by atoms with Crippen LogP contribution in [-0.2, 0) is 0 Å². The fourth-order valence-corrected chi connectivity index (χ4v) is 4.49. The predicted octanol–water partition coefficient (Wildman–Crippen LogP) is 6.70. The molecule has 0 fully saturated rings. The Kier molecular flexibility index (Phi) is 4.69. The minimum Gasteiger partial charge on any atom is -0.507 e. The van der Waals surface area contributed by atoms with E-state index in [1.807, 2.05) is 53.5 Å². The SMILES string of the molecule is Oc1ccc(Br)cc1[C@H]1Oc2ccc(Cl)cc2[C@H]2CC(c3ccc(Cl)cc3)=NN21. The maximum Gasteiger partial charge on any atom is 0.217 e. The summed E-state index contributed by atoms with van der Waals surface area (Å²) < 4.78 is 7.14. The first-order chi connectivity index (χ1) is 14.0. The van der Waals surface area contributed by atoms with Gasteiger partial charge in [-0.3, -0.25) is 0 Å². The summed E-state index contributed by atoms with van der Waals surface area (Å²) in [4.78, 5) is 0. The average molecular weight is 490 g/mol. The predicted molar refractivity (Wildman–Crippen MR) is 118 cm³/mol. The highest BCUT2D eigenvalue weighted by molar-refractivity contribution is 9.10. The van der Waals surface area contributed by atoms with E-state index in [0.717, 1.165) is 27.1 Å². The number of rotatable bonds is 2. The largest absolute Gasteiger partial charge is 0.507 e. The molecule has 29 heavy (non-hydrogen) atoms. The molecule has 0 bridgehead atoms. The van der Waals surface area contributed by atoms with Crippen LogP contribution in [0.3, 0.4) is 0 Å². The first-order valence-corrected chi connectivity index (χ1v) is 10.6. The van der Waals surface area contributed by atoms with Gasteiger partial charge in [0.15, 0.2) is 0 Å². The molecule has 0 aromatic heterocycles. The fraction of sp³-hybridized carbons (Fsp3) is 0.136. The Bertz CT molecular complexity index is 1130. The molecule has 0 saturated heterocycles. The van der Waals surface area contributed by atoms with Crippen molar-refractivity contribution in [2.75, 3.05) is 0 Å². The first-order valence-electron chi connectivity index (χ1n) is 9.06. The van der Waals surface area contributed by atoms with Gasteiger partial charge < -0.3 is 9.84 Å². The topological polar surface area (TPSA) is 45.1 Å². The highest BCUT2D eigenvalue weighted by Crippen LogP contribution is 2.49. The van der Waals surface area contributed by atoms with Crippen LogP contribution in [0.5, 0.6) is 11.5 Å². The monoisotopic (exact) mass is 488 g/mol. The Hall–Kier alpha value is -2.21. The van der Waals surface area contributed by atoms with Crippen LogP contribution in [0, 0.1) is 0 Å². The lowest BCUT2D eigenvalue weighted by Crippen LogP contribution is -2.33. The number of phenols is 1. The molecule has 146 valence electrons. The van der Waals surface area contributed by atoms with Crippen LogP contribution in [0.25, 0.3) is 0 Å². The average Bonchev–Trinajstić information content (AvgIpc) is 3.16. The summed E-state index contributed by atoms with van der Waals surface area (Å²) in [5.41, 5.74) is 3.56. The second-order valence-corrected chi connectivity index (χ2v) is 8.80. The summed E-state index contributed by atoms with van der Waals surface area (Å²) in [6, 6.07) is 18.5. The Morgan fingerprint density at radius 2 is 1.72 bits per heavy atom. The molecule has 4 nitrogen and oxygen atoms in total.